The van der Waals surface area contributed by atoms with Gasteiger partial charge in [-0.25, -0.2) is 4.79 Å². The minimum absolute atomic E-state index is 0.00796. The molecule has 0 amide bonds. The molecule has 1 aliphatic rings. The first-order chi connectivity index (χ1) is 12.4. The van der Waals surface area contributed by atoms with Crippen LogP contribution in [0.5, 0.6) is 0 Å². The summed E-state index contributed by atoms with van der Waals surface area (Å²) in [5.41, 5.74) is -1.94. The number of aliphatic hydroxyl groups excluding tert-OH is 2. The zero-order valence-electron chi connectivity index (χ0n) is 14.2. The van der Waals surface area contributed by atoms with Crippen LogP contribution in [0, 0.1) is 6.92 Å². The molecule has 8 heteroatoms. The molecule has 0 saturated carbocycles. The lowest BCUT2D eigenvalue weighted by Gasteiger charge is -2.29. The van der Waals surface area contributed by atoms with Gasteiger partial charge in [-0.05, 0) is 6.92 Å². The molecule has 2 heterocycles. The van der Waals surface area contributed by atoms with Crippen LogP contribution in [0.25, 0.3) is 0 Å². The Balaban J connectivity index is 1.88. The van der Waals surface area contributed by atoms with Crippen molar-refractivity contribution in [3.63, 3.8) is 0 Å². The number of Topliss-reactive ketones (excluding diaryl/α,β-unsaturated/α-hetero) is 1. The van der Waals surface area contributed by atoms with E-state index in [9.17, 15) is 24.6 Å². The van der Waals surface area contributed by atoms with Gasteiger partial charge in [-0.2, -0.15) is 0 Å². The van der Waals surface area contributed by atoms with Crippen molar-refractivity contribution < 1.29 is 19.7 Å². The summed E-state index contributed by atoms with van der Waals surface area (Å²) in [5, 5.41) is 20.3. The Morgan fingerprint density at radius 2 is 2.04 bits per heavy atom. The molecule has 2 aromatic rings. The minimum Gasteiger partial charge on any atom is -0.393 e. The summed E-state index contributed by atoms with van der Waals surface area (Å²) in [6.07, 6.45) is -0.936. The topological polar surface area (TPSA) is 122 Å². The summed E-state index contributed by atoms with van der Waals surface area (Å²) in [4.78, 5) is 38.2. The molecule has 0 bridgehead atoms. The normalized spacial score (nSPS) is 25.3. The van der Waals surface area contributed by atoms with Gasteiger partial charge in [0.25, 0.3) is 5.56 Å². The van der Waals surface area contributed by atoms with E-state index < -0.39 is 35.8 Å². The van der Waals surface area contributed by atoms with Crippen molar-refractivity contribution >= 4 is 5.78 Å². The van der Waals surface area contributed by atoms with E-state index in [-0.39, 0.29) is 18.6 Å². The van der Waals surface area contributed by atoms with Crippen molar-refractivity contribution in [2.75, 3.05) is 6.61 Å². The molecule has 0 unspecified atom stereocenters. The number of aliphatic hydroxyl groups is 2. The highest BCUT2D eigenvalue weighted by atomic mass is 16.6. The van der Waals surface area contributed by atoms with Crippen LogP contribution >= 0.6 is 0 Å². The van der Waals surface area contributed by atoms with Crippen LogP contribution in [0.4, 0.5) is 0 Å². The van der Waals surface area contributed by atoms with Gasteiger partial charge in [0.15, 0.2) is 5.78 Å². The van der Waals surface area contributed by atoms with Crippen molar-refractivity contribution in [2.24, 2.45) is 0 Å². The minimum atomic E-state index is -1.51. The Kier molecular flexibility index (Phi) is 4.90. The average molecular weight is 360 g/mol. The van der Waals surface area contributed by atoms with Crippen LogP contribution < -0.4 is 11.2 Å². The molecule has 0 radical (unpaired) electrons. The number of H-pyrrole nitrogens is 1. The van der Waals surface area contributed by atoms with Gasteiger partial charge in [0.05, 0.1) is 12.7 Å². The Morgan fingerprint density at radius 3 is 2.69 bits per heavy atom. The molecule has 3 N–H and O–H groups in total. The van der Waals surface area contributed by atoms with E-state index in [1.54, 1.807) is 37.3 Å². The van der Waals surface area contributed by atoms with Crippen molar-refractivity contribution in [1.82, 2.24) is 9.55 Å². The predicted octanol–water partition coefficient (Wildman–Crippen LogP) is 0.129. The van der Waals surface area contributed by atoms with Gasteiger partial charge >= 0.3 is 5.69 Å². The molecule has 138 valence electrons. The molecule has 1 aromatic heterocycles. The van der Waals surface area contributed by atoms with E-state index in [1.807, 2.05) is 0 Å². The van der Waals surface area contributed by atoms with E-state index in [0.717, 1.165) is 4.57 Å². The molecular formula is C18H20N2O6. The van der Waals surface area contributed by atoms with Gasteiger partial charge in [0.2, 0.25) is 0 Å². The number of rotatable bonds is 5. The van der Waals surface area contributed by atoms with Crippen LogP contribution in [0.1, 0.15) is 35.0 Å². The number of aromatic nitrogens is 2. The van der Waals surface area contributed by atoms with E-state index >= 15 is 0 Å². The number of carbonyl (C=O) groups excluding carboxylic acids is 1. The van der Waals surface area contributed by atoms with Gasteiger partial charge in [0, 0.05) is 30.2 Å². The maximum absolute atomic E-state index is 12.5. The molecule has 1 fully saturated rings. The standard InChI is InChI=1S/C18H20N2O6/c1-11-9-20(17(25)19-16(11)24)15-7-14(23)18(10-21,26-15)8-13(22)12-5-3-2-4-6-12/h2-6,9,14-15,21,23H,7-8,10H2,1H3,(H,19,24,25)/t14-,15+,18+/m0/s1. The summed E-state index contributed by atoms with van der Waals surface area (Å²) in [6, 6.07) is 8.50. The monoisotopic (exact) mass is 360 g/mol. The number of nitrogens with zero attached hydrogens (tertiary/aromatic N) is 1. The lowest BCUT2D eigenvalue weighted by Crippen LogP contribution is -2.45. The number of hydrogen-bond acceptors (Lipinski definition) is 6. The Bertz CT molecular complexity index is 919. The second-order valence-corrected chi connectivity index (χ2v) is 6.49. The zero-order chi connectivity index (χ0) is 18.9. The largest absolute Gasteiger partial charge is 0.393 e. The number of benzene rings is 1. The van der Waals surface area contributed by atoms with Crippen molar-refractivity contribution in [3.8, 4) is 0 Å². The highest BCUT2D eigenvalue weighted by Gasteiger charge is 2.50. The molecule has 1 aliphatic heterocycles. The summed E-state index contributed by atoms with van der Waals surface area (Å²) in [6.45, 7) is 0.957. The fraction of sp³-hybridized carbons (Fsp3) is 0.389. The van der Waals surface area contributed by atoms with E-state index in [2.05, 4.69) is 4.98 Å². The SMILES string of the molecule is Cc1cn([C@H]2C[C@H](O)[C@](CO)(CC(=O)c3ccccc3)O2)c(=O)[nH]c1=O. The fourth-order valence-corrected chi connectivity index (χ4v) is 3.13. The second-order valence-electron chi connectivity index (χ2n) is 6.49. The molecule has 26 heavy (non-hydrogen) atoms. The van der Waals surface area contributed by atoms with E-state index in [0.29, 0.717) is 11.1 Å². The molecule has 3 atom stereocenters. The zero-order valence-corrected chi connectivity index (χ0v) is 14.2. The molecule has 0 spiro atoms. The van der Waals surface area contributed by atoms with Gasteiger partial charge in [-0.3, -0.25) is 19.1 Å². The third kappa shape index (κ3) is 3.26. The van der Waals surface area contributed by atoms with E-state index in [1.165, 1.54) is 6.20 Å². The van der Waals surface area contributed by atoms with Crippen molar-refractivity contribution in [1.29, 1.82) is 0 Å². The summed E-state index contributed by atoms with van der Waals surface area (Å²) in [5.74, 6) is -0.288. The maximum atomic E-state index is 12.5. The highest BCUT2D eigenvalue weighted by Crippen LogP contribution is 2.39. The molecule has 1 saturated heterocycles. The first kappa shape index (κ1) is 18.2. The Morgan fingerprint density at radius 1 is 1.35 bits per heavy atom. The summed E-state index contributed by atoms with van der Waals surface area (Å²) >= 11 is 0. The van der Waals surface area contributed by atoms with Gasteiger partial charge < -0.3 is 14.9 Å². The van der Waals surface area contributed by atoms with Gasteiger partial charge in [-0.15, -0.1) is 0 Å². The quantitative estimate of drug-likeness (QED) is 0.652. The van der Waals surface area contributed by atoms with Crippen molar-refractivity contribution in [3.05, 3.63) is 68.5 Å². The summed E-state index contributed by atoms with van der Waals surface area (Å²) < 4.78 is 6.94. The molecule has 0 aliphatic carbocycles. The number of aromatic amines is 1. The van der Waals surface area contributed by atoms with Gasteiger partial charge in [0.1, 0.15) is 11.8 Å². The lowest BCUT2D eigenvalue weighted by molar-refractivity contribution is -0.126. The number of ketones is 1. The lowest BCUT2D eigenvalue weighted by atomic mass is 9.89. The third-order valence-electron chi connectivity index (χ3n) is 4.68. The average Bonchev–Trinajstić information content (AvgIpc) is 2.95. The third-order valence-corrected chi connectivity index (χ3v) is 4.68. The predicted molar refractivity (Wildman–Crippen MR) is 92.0 cm³/mol. The smallest absolute Gasteiger partial charge is 0.330 e. The number of hydrogen-bond donors (Lipinski definition) is 3. The number of nitrogens with one attached hydrogen (secondary N) is 1. The van der Waals surface area contributed by atoms with Crippen LogP contribution in [0.3, 0.4) is 0 Å². The molecule has 1 aromatic carbocycles. The van der Waals surface area contributed by atoms with Gasteiger partial charge in [-0.1, -0.05) is 30.3 Å². The number of ether oxygens (including phenoxy) is 1. The Labute approximate surface area is 148 Å². The molecule has 8 nitrogen and oxygen atoms in total. The first-order valence-corrected chi connectivity index (χ1v) is 8.23. The second kappa shape index (κ2) is 6.99. The number of aryl methyl sites for hydroxylation is 1. The van der Waals surface area contributed by atoms with Crippen LogP contribution in [0.2, 0.25) is 0 Å². The van der Waals surface area contributed by atoms with Crippen LogP contribution in [-0.2, 0) is 4.74 Å². The van der Waals surface area contributed by atoms with Crippen molar-refractivity contribution in [2.45, 2.75) is 37.7 Å². The Hall–Kier alpha value is -2.55. The summed E-state index contributed by atoms with van der Waals surface area (Å²) in [7, 11) is 0. The van der Waals surface area contributed by atoms with E-state index in [4.69, 9.17) is 4.74 Å². The molecular weight excluding hydrogens is 340 g/mol. The fourth-order valence-electron chi connectivity index (χ4n) is 3.13. The maximum Gasteiger partial charge on any atom is 0.330 e. The highest BCUT2D eigenvalue weighted by molar-refractivity contribution is 5.96. The first-order valence-electron chi connectivity index (χ1n) is 8.23. The molecule has 3 rings (SSSR count). The number of carbonyl (C=O) groups is 1. The van der Waals surface area contributed by atoms with Crippen LogP contribution in [-0.4, -0.2) is 43.9 Å². The van der Waals surface area contributed by atoms with Crippen LogP contribution in [0.15, 0.2) is 46.1 Å².